The quantitative estimate of drug-likeness (QED) is 0.781. The van der Waals surface area contributed by atoms with Gasteiger partial charge in [0.25, 0.3) is 0 Å². The van der Waals surface area contributed by atoms with E-state index >= 15 is 0 Å². The zero-order valence-corrected chi connectivity index (χ0v) is 10.3. The van der Waals surface area contributed by atoms with Crippen LogP contribution >= 0.6 is 0 Å². The molecule has 0 aliphatic heterocycles. The molecule has 3 rings (SSSR count). The van der Waals surface area contributed by atoms with Crippen LogP contribution in [0.5, 0.6) is 5.75 Å². The summed E-state index contributed by atoms with van der Waals surface area (Å²) in [6, 6.07) is 12.7. The number of ketones is 1. The first kappa shape index (κ1) is 11.9. The highest BCUT2D eigenvalue weighted by molar-refractivity contribution is 6.09. The van der Waals surface area contributed by atoms with Crippen molar-refractivity contribution in [3.05, 3.63) is 65.5 Å². The van der Waals surface area contributed by atoms with Crippen molar-refractivity contribution in [3.63, 3.8) is 0 Å². The van der Waals surface area contributed by atoms with Crippen molar-refractivity contribution in [2.75, 3.05) is 0 Å². The Morgan fingerprint density at radius 2 is 1.79 bits per heavy atom. The third-order valence-corrected chi connectivity index (χ3v) is 3.03. The molecule has 0 spiro atoms. The van der Waals surface area contributed by atoms with Crippen LogP contribution in [0.25, 0.3) is 0 Å². The Hall–Kier alpha value is -2.16. The van der Waals surface area contributed by atoms with Crippen LogP contribution in [0, 0.1) is 5.82 Å². The largest absolute Gasteiger partial charge is 0.490 e. The maximum atomic E-state index is 12.8. The van der Waals surface area contributed by atoms with Crippen molar-refractivity contribution in [1.82, 2.24) is 0 Å². The Labute approximate surface area is 110 Å². The van der Waals surface area contributed by atoms with Crippen LogP contribution in [0.3, 0.4) is 0 Å². The van der Waals surface area contributed by atoms with Crippen LogP contribution in [0.2, 0.25) is 0 Å². The van der Waals surface area contributed by atoms with Gasteiger partial charge in [0, 0.05) is 11.1 Å². The molecule has 0 radical (unpaired) electrons. The first-order valence-corrected chi connectivity index (χ1v) is 6.29. The fraction of sp³-hybridized carbons (Fsp3) is 0.188. The predicted molar refractivity (Wildman–Crippen MR) is 69.9 cm³/mol. The second kappa shape index (κ2) is 4.84. The topological polar surface area (TPSA) is 26.3 Å². The average molecular weight is 256 g/mol. The first-order valence-electron chi connectivity index (χ1n) is 6.29. The van der Waals surface area contributed by atoms with Gasteiger partial charge in [-0.2, -0.15) is 0 Å². The Morgan fingerprint density at radius 1 is 1.05 bits per heavy atom. The third-order valence-electron chi connectivity index (χ3n) is 3.03. The molecule has 0 heterocycles. The Bertz CT molecular complexity index is 600. The molecular weight excluding hydrogens is 243 g/mol. The summed E-state index contributed by atoms with van der Waals surface area (Å²) in [5, 5.41) is 0. The fourth-order valence-electron chi connectivity index (χ4n) is 1.86. The highest BCUT2D eigenvalue weighted by atomic mass is 19.1. The molecule has 0 bridgehead atoms. The summed E-state index contributed by atoms with van der Waals surface area (Å²) in [5.41, 5.74) is 1.04. The van der Waals surface area contributed by atoms with Gasteiger partial charge >= 0.3 is 0 Å². The Kier molecular flexibility index (Phi) is 3.03. The van der Waals surface area contributed by atoms with E-state index < -0.39 is 0 Å². The van der Waals surface area contributed by atoms with Crippen molar-refractivity contribution < 1.29 is 13.9 Å². The van der Waals surface area contributed by atoms with Gasteiger partial charge in [0.2, 0.25) is 0 Å². The lowest BCUT2D eigenvalue weighted by atomic mass is 10.0. The van der Waals surface area contributed by atoms with Crippen LogP contribution in [-0.4, -0.2) is 11.9 Å². The van der Waals surface area contributed by atoms with E-state index in [-0.39, 0.29) is 11.6 Å². The molecule has 2 aromatic carbocycles. The zero-order valence-electron chi connectivity index (χ0n) is 10.3. The fourth-order valence-corrected chi connectivity index (χ4v) is 1.86. The number of carbonyl (C=O) groups is 1. The maximum absolute atomic E-state index is 12.8. The van der Waals surface area contributed by atoms with E-state index in [2.05, 4.69) is 0 Å². The molecule has 0 N–H and O–H groups in total. The summed E-state index contributed by atoms with van der Waals surface area (Å²) in [6.45, 7) is 0. The first-order chi connectivity index (χ1) is 9.22. The monoisotopic (exact) mass is 256 g/mol. The smallest absolute Gasteiger partial charge is 0.193 e. The summed E-state index contributed by atoms with van der Waals surface area (Å²) >= 11 is 0. The average Bonchev–Trinajstić information content (AvgIpc) is 3.23. The predicted octanol–water partition coefficient (Wildman–Crippen LogP) is 3.60. The molecule has 3 heteroatoms. The number of rotatable bonds is 4. The van der Waals surface area contributed by atoms with Gasteiger partial charge < -0.3 is 4.74 Å². The van der Waals surface area contributed by atoms with Gasteiger partial charge in [-0.1, -0.05) is 12.1 Å². The minimum atomic E-state index is -0.345. The van der Waals surface area contributed by atoms with Crippen LogP contribution in [-0.2, 0) is 0 Å². The van der Waals surface area contributed by atoms with Crippen molar-refractivity contribution >= 4 is 5.78 Å². The van der Waals surface area contributed by atoms with Crippen LogP contribution in [0.1, 0.15) is 28.8 Å². The molecule has 0 atom stereocenters. The molecule has 0 amide bonds. The van der Waals surface area contributed by atoms with E-state index in [1.165, 1.54) is 24.3 Å². The summed E-state index contributed by atoms with van der Waals surface area (Å²) in [5.74, 6) is 0.249. The van der Waals surface area contributed by atoms with Crippen LogP contribution in [0.4, 0.5) is 4.39 Å². The van der Waals surface area contributed by atoms with Gasteiger partial charge in [-0.3, -0.25) is 4.79 Å². The molecular formula is C16H13FO2. The number of hydrogen-bond acceptors (Lipinski definition) is 2. The van der Waals surface area contributed by atoms with E-state index in [1.54, 1.807) is 18.2 Å². The van der Waals surface area contributed by atoms with Crippen LogP contribution in [0.15, 0.2) is 48.5 Å². The molecule has 2 aromatic rings. The van der Waals surface area contributed by atoms with Gasteiger partial charge in [-0.05, 0) is 49.2 Å². The van der Waals surface area contributed by atoms with Gasteiger partial charge in [-0.25, -0.2) is 4.39 Å². The molecule has 96 valence electrons. The second-order valence-corrected chi connectivity index (χ2v) is 4.68. The molecule has 0 aromatic heterocycles. The molecule has 19 heavy (non-hydrogen) atoms. The standard InChI is InChI=1S/C16H13FO2/c17-13-6-4-11(5-7-13)16(18)12-2-1-3-15(10-12)19-14-8-9-14/h1-7,10,14H,8-9H2. The lowest BCUT2D eigenvalue weighted by Crippen LogP contribution is -2.03. The lowest BCUT2D eigenvalue weighted by molar-refractivity contribution is 0.103. The SMILES string of the molecule is O=C(c1ccc(F)cc1)c1cccc(OC2CC2)c1. The van der Waals surface area contributed by atoms with E-state index in [9.17, 15) is 9.18 Å². The van der Waals surface area contributed by atoms with E-state index in [4.69, 9.17) is 4.74 Å². The van der Waals surface area contributed by atoms with E-state index in [0.717, 1.165) is 18.6 Å². The third kappa shape index (κ3) is 2.81. The second-order valence-electron chi connectivity index (χ2n) is 4.68. The number of halogens is 1. The van der Waals surface area contributed by atoms with Crippen LogP contribution < -0.4 is 4.74 Å². The molecule has 0 saturated heterocycles. The summed E-state index contributed by atoms with van der Waals surface area (Å²) in [4.78, 5) is 12.2. The Morgan fingerprint density at radius 3 is 2.47 bits per heavy atom. The number of hydrogen-bond donors (Lipinski definition) is 0. The van der Waals surface area contributed by atoms with E-state index in [1.807, 2.05) is 6.07 Å². The summed E-state index contributed by atoms with van der Waals surface area (Å²) in [6.07, 6.45) is 2.46. The van der Waals surface area contributed by atoms with Crippen molar-refractivity contribution in [3.8, 4) is 5.75 Å². The van der Waals surface area contributed by atoms with E-state index in [0.29, 0.717) is 17.2 Å². The van der Waals surface area contributed by atoms with Crippen molar-refractivity contribution in [2.24, 2.45) is 0 Å². The number of carbonyl (C=O) groups excluding carboxylic acids is 1. The van der Waals surface area contributed by atoms with Gasteiger partial charge in [0.05, 0.1) is 6.10 Å². The van der Waals surface area contributed by atoms with Gasteiger partial charge in [-0.15, -0.1) is 0 Å². The Balaban J connectivity index is 1.84. The minimum Gasteiger partial charge on any atom is -0.490 e. The summed E-state index contributed by atoms with van der Waals surface area (Å²) < 4.78 is 18.5. The van der Waals surface area contributed by atoms with Crippen molar-refractivity contribution in [1.29, 1.82) is 0 Å². The molecule has 1 aliphatic carbocycles. The zero-order chi connectivity index (χ0) is 13.2. The normalized spacial score (nSPS) is 14.2. The minimum absolute atomic E-state index is 0.124. The molecule has 1 saturated carbocycles. The highest BCUT2D eigenvalue weighted by Gasteiger charge is 2.23. The molecule has 2 nitrogen and oxygen atoms in total. The molecule has 0 unspecified atom stereocenters. The molecule has 1 aliphatic rings. The van der Waals surface area contributed by atoms with Gasteiger partial charge in [0.1, 0.15) is 11.6 Å². The highest BCUT2D eigenvalue weighted by Crippen LogP contribution is 2.27. The lowest BCUT2D eigenvalue weighted by Gasteiger charge is -2.06. The van der Waals surface area contributed by atoms with Gasteiger partial charge in [0.15, 0.2) is 5.78 Å². The number of ether oxygens (including phenoxy) is 1. The summed E-state index contributed by atoms with van der Waals surface area (Å²) in [7, 11) is 0. The maximum Gasteiger partial charge on any atom is 0.193 e. The molecule has 1 fully saturated rings. The van der Waals surface area contributed by atoms with Crippen molar-refractivity contribution in [2.45, 2.75) is 18.9 Å². The number of benzene rings is 2.